The van der Waals surface area contributed by atoms with Crippen molar-refractivity contribution < 1.29 is 17.6 Å². The normalized spacial score (nSPS) is 11.5. The van der Waals surface area contributed by atoms with Crippen LogP contribution in [0.15, 0.2) is 59.9 Å². The molecule has 0 atom stereocenters. The molecule has 156 valence electrons. The molecule has 4 nitrogen and oxygen atoms in total. The second-order valence-electron chi connectivity index (χ2n) is 5.97. The van der Waals surface area contributed by atoms with Crippen molar-refractivity contribution in [2.45, 2.75) is 6.92 Å². The van der Waals surface area contributed by atoms with Gasteiger partial charge in [-0.2, -0.15) is 4.39 Å². The molecule has 0 saturated heterocycles. The molecule has 0 bridgehead atoms. The highest BCUT2D eigenvalue weighted by atomic mass is 35.5. The van der Waals surface area contributed by atoms with Crippen molar-refractivity contribution in [1.82, 2.24) is 14.0 Å². The van der Waals surface area contributed by atoms with E-state index >= 15 is 0 Å². The van der Waals surface area contributed by atoms with E-state index in [0.717, 1.165) is 0 Å². The molecule has 4 aromatic rings. The first-order valence-electron chi connectivity index (χ1n) is 8.49. The van der Waals surface area contributed by atoms with Gasteiger partial charge in [-0.1, -0.05) is 35.3 Å². The Hall–Kier alpha value is -2.84. The maximum Gasteiger partial charge on any atom is 0.229 e. The molecule has 0 aliphatic carbocycles. The van der Waals surface area contributed by atoms with Crippen molar-refractivity contribution in [2.24, 2.45) is 4.99 Å². The molecule has 0 fully saturated rings. The van der Waals surface area contributed by atoms with Gasteiger partial charge >= 0.3 is 0 Å². The molecule has 0 unspecified atom stereocenters. The van der Waals surface area contributed by atoms with Crippen LogP contribution >= 0.6 is 23.2 Å². The number of aromatic nitrogens is 3. The fraction of sp³-hybridized carbons (Fsp3) is 0.100. The van der Waals surface area contributed by atoms with E-state index in [1.54, 1.807) is 37.3 Å². The van der Waals surface area contributed by atoms with Gasteiger partial charge in [0.1, 0.15) is 11.3 Å². The van der Waals surface area contributed by atoms with E-state index in [2.05, 4.69) is 9.98 Å². The van der Waals surface area contributed by atoms with Crippen molar-refractivity contribution in [3.63, 3.8) is 0 Å². The van der Waals surface area contributed by atoms with E-state index in [1.807, 2.05) is 0 Å². The highest BCUT2D eigenvalue weighted by Crippen LogP contribution is 2.25. The van der Waals surface area contributed by atoms with Gasteiger partial charge in [0.25, 0.3) is 0 Å². The Labute approximate surface area is 178 Å². The van der Waals surface area contributed by atoms with Crippen LogP contribution < -0.4 is 5.49 Å². The van der Waals surface area contributed by atoms with Gasteiger partial charge in [-0.15, -0.1) is 0 Å². The minimum absolute atomic E-state index is 0.139. The summed E-state index contributed by atoms with van der Waals surface area (Å²) in [5.74, 6) is -1.00. The zero-order valence-corrected chi connectivity index (χ0v) is 17.0. The van der Waals surface area contributed by atoms with E-state index in [9.17, 15) is 17.6 Å². The van der Waals surface area contributed by atoms with Gasteiger partial charge in [-0.3, -0.25) is 8.97 Å². The van der Waals surface area contributed by atoms with Crippen LogP contribution in [0.4, 0.5) is 23.2 Å². The molecular weight excluding hydrogens is 443 g/mol. The molecule has 2 heterocycles. The summed E-state index contributed by atoms with van der Waals surface area (Å²) in [6.07, 6.45) is 2.87. The van der Waals surface area contributed by atoms with Crippen molar-refractivity contribution in [3.05, 3.63) is 87.7 Å². The molecule has 4 rings (SSSR count). The van der Waals surface area contributed by atoms with Gasteiger partial charge in [0.15, 0.2) is 0 Å². The predicted octanol–water partition coefficient (Wildman–Crippen LogP) is 6.13. The first-order chi connectivity index (χ1) is 14.4. The molecule has 0 aliphatic heterocycles. The number of rotatable bonds is 2. The highest BCUT2D eigenvalue weighted by molar-refractivity contribution is 6.33. The molecule has 10 heteroatoms. The molecular formula is C20H14Cl2F4N4. The Balaban J connectivity index is 0.000000806. The fourth-order valence-corrected chi connectivity index (χ4v) is 3.09. The molecule has 0 amide bonds. The van der Waals surface area contributed by atoms with Crippen LogP contribution in [0.25, 0.3) is 11.5 Å². The van der Waals surface area contributed by atoms with E-state index < -0.39 is 18.7 Å². The predicted molar refractivity (Wildman–Crippen MR) is 108 cm³/mol. The first kappa shape index (κ1) is 21.9. The average Bonchev–Trinajstić information content (AvgIpc) is 3.18. The minimum Gasteiger partial charge on any atom is -0.261 e. The van der Waals surface area contributed by atoms with Crippen LogP contribution in [0.3, 0.4) is 0 Å². The summed E-state index contributed by atoms with van der Waals surface area (Å²) in [6.45, 7) is 0.00297. The zero-order chi connectivity index (χ0) is 21.8. The van der Waals surface area contributed by atoms with Gasteiger partial charge in [-0.05, 0) is 36.8 Å². The SMILES string of the molecule is Cc1cc(-n2c(=Nc3ccccc3Cl)cc(F)n3ccnc23)c(F)cc1Cl.FCF. The van der Waals surface area contributed by atoms with Gasteiger partial charge < -0.3 is 0 Å². The summed E-state index contributed by atoms with van der Waals surface area (Å²) in [5.41, 5.74) is 1.38. The molecule has 30 heavy (non-hydrogen) atoms. The molecule has 0 radical (unpaired) electrons. The number of hydrogen-bond acceptors (Lipinski definition) is 2. The number of alkyl halides is 2. The second kappa shape index (κ2) is 9.32. The van der Waals surface area contributed by atoms with Crippen LogP contribution in [0.2, 0.25) is 10.0 Å². The van der Waals surface area contributed by atoms with Gasteiger partial charge in [-0.25, -0.2) is 23.1 Å². The number of aryl methyl sites for hydroxylation is 1. The van der Waals surface area contributed by atoms with Crippen LogP contribution in [0.5, 0.6) is 0 Å². The largest absolute Gasteiger partial charge is 0.261 e. The number of nitrogens with zero attached hydrogens (tertiary/aromatic N) is 4. The Morgan fingerprint density at radius 3 is 2.43 bits per heavy atom. The lowest BCUT2D eigenvalue weighted by Crippen LogP contribution is -2.24. The third-order valence-corrected chi connectivity index (χ3v) is 4.81. The van der Waals surface area contributed by atoms with Crippen LogP contribution in [0.1, 0.15) is 5.56 Å². The number of imidazole rings is 1. The van der Waals surface area contributed by atoms with Crippen molar-refractivity contribution in [2.75, 3.05) is 6.93 Å². The van der Waals surface area contributed by atoms with Gasteiger partial charge in [0.05, 0.1) is 16.4 Å². The van der Waals surface area contributed by atoms with E-state index in [0.29, 0.717) is 21.3 Å². The lowest BCUT2D eigenvalue weighted by atomic mass is 10.2. The van der Waals surface area contributed by atoms with Gasteiger partial charge in [0.2, 0.25) is 18.7 Å². The molecule has 0 saturated carbocycles. The minimum atomic E-state index is -1.75. The third kappa shape index (κ3) is 4.34. The average molecular weight is 457 g/mol. The summed E-state index contributed by atoms with van der Waals surface area (Å²) in [4.78, 5) is 8.61. The summed E-state index contributed by atoms with van der Waals surface area (Å²) < 4.78 is 51.1. The Kier molecular flexibility index (Phi) is 6.79. The lowest BCUT2D eigenvalue weighted by Gasteiger charge is -2.13. The number of fused-ring (bicyclic) bond motifs is 1. The topological polar surface area (TPSA) is 34.6 Å². The zero-order valence-electron chi connectivity index (χ0n) is 15.5. The number of halogens is 6. The Bertz CT molecular complexity index is 1270. The summed E-state index contributed by atoms with van der Waals surface area (Å²) in [5, 5.41) is 0.684. The highest BCUT2D eigenvalue weighted by Gasteiger charge is 2.15. The summed E-state index contributed by atoms with van der Waals surface area (Å²) >= 11 is 12.2. The van der Waals surface area contributed by atoms with Crippen LogP contribution in [0, 0.1) is 18.7 Å². The monoisotopic (exact) mass is 456 g/mol. The summed E-state index contributed by atoms with van der Waals surface area (Å²) in [7, 11) is 0. The fourth-order valence-electron chi connectivity index (χ4n) is 2.76. The molecule has 0 aliphatic rings. The van der Waals surface area contributed by atoms with Gasteiger partial charge in [0, 0.05) is 23.5 Å². The Morgan fingerprint density at radius 2 is 1.73 bits per heavy atom. The lowest BCUT2D eigenvalue weighted by molar-refractivity contribution is 0.295. The quantitative estimate of drug-likeness (QED) is 0.263. The second-order valence-corrected chi connectivity index (χ2v) is 6.79. The molecule has 2 aromatic heterocycles. The molecule has 0 spiro atoms. The smallest absolute Gasteiger partial charge is 0.229 e. The number of para-hydroxylation sites is 1. The first-order valence-corrected chi connectivity index (χ1v) is 9.24. The number of hydrogen-bond donors (Lipinski definition) is 0. The summed E-state index contributed by atoms with van der Waals surface area (Å²) in [6, 6.07) is 10.8. The molecule has 2 aromatic carbocycles. The number of benzene rings is 2. The Morgan fingerprint density at radius 1 is 1.03 bits per heavy atom. The maximum atomic E-state index is 14.7. The van der Waals surface area contributed by atoms with Crippen LogP contribution in [-0.4, -0.2) is 20.9 Å². The van der Waals surface area contributed by atoms with E-state index in [1.165, 1.54) is 33.5 Å². The maximum absolute atomic E-state index is 14.7. The standard InChI is InChI=1S/C19H12Cl2F2N4.CH2F2/c1-11-8-16(14(22)9-13(11)21)27-18(25-15-5-3-2-4-12(15)20)10-17(23)26-7-6-24-19(26)27;2-1-3/h2-10H,1H3;1H2. The third-order valence-electron chi connectivity index (χ3n) is 4.09. The van der Waals surface area contributed by atoms with Crippen LogP contribution in [-0.2, 0) is 0 Å². The van der Waals surface area contributed by atoms with Crippen molar-refractivity contribution >= 4 is 34.7 Å². The van der Waals surface area contributed by atoms with E-state index in [-0.39, 0.29) is 17.0 Å². The molecule has 0 N–H and O–H groups in total. The van der Waals surface area contributed by atoms with E-state index in [4.69, 9.17) is 23.2 Å². The van der Waals surface area contributed by atoms with Crippen molar-refractivity contribution in [3.8, 4) is 5.69 Å². The van der Waals surface area contributed by atoms with Crippen molar-refractivity contribution in [1.29, 1.82) is 0 Å².